The summed E-state index contributed by atoms with van der Waals surface area (Å²) in [5, 5.41) is 3.63. The Hall–Kier alpha value is -0.830. The van der Waals surface area contributed by atoms with Gasteiger partial charge in [0.2, 0.25) is 0 Å². The van der Waals surface area contributed by atoms with E-state index in [9.17, 15) is 0 Å². The van der Waals surface area contributed by atoms with Crippen LogP contribution in [0.4, 0.5) is 0 Å². The van der Waals surface area contributed by atoms with Gasteiger partial charge in [0.25, 0.3) is 0 Å². The molecule has 0 saturated heterocycles. The second-order valence-electron chi connectivity index (χ2n) is 4.86. The van der Waals surface area contributed by atoms with Gasteiger partial charge in [0.15, 0.2) is 0 Å². The first-order chi connectivity index (χ1) is 9.78. The summed E-state index contributed by atoms with van der Waals surface area (Å²) in [4.78, 5) is 0. The lowest BCUT2D eigenvalue weighted by atomic mass is 9.93. The standard InChI is InChI=1S/C17H14BrClS/c18-15-7-5-12(6-8-15)13(10-19)9-14-11-20-17-4-2-1-3-16(14)17/h1-8,11,13H,9-10H2. The maximum atomic E-state index is 6.20. The van der Waals surface area contributed by atoms with Gasteiger partial charge in [-0.3, -0.25) is 0 Å². The molecule has 0 amide bonds. The maximum absolute atomic E-state index is 6.20. The number of benzene rings is 2. The van der Waals surface area contributed by atoms with Crippen molar-refractivity contribution in [1.29, 1.82) is 0 Å². The van der Waals surface area contributed by atoms with E-state index in [1.165, 1.54) is 21.2 Å². The quantitative estimate of drug-likeness (QED) is 0.481. The van der Waals surface area contributed by atoms with Crippen molar-refractivity contribution in [3.05, 3.63) is 69.5 Å². The summed E-state index contributed by atoms with van der Waals surface area (Å²) >= 11 is 11.5. The Kier molecular flexibility index (Phi) is 4.45. The van der Waals surface area contributed by atoms with E-state index in [4.69, 9.17) is 11.6 Å². The van der Waals surface area contributed by atoms with Crippen LogP contribution >= 0.6 is 38.9 Å². The Balaban J connectivity index is 1.89. The largest absolute Gasteiger partial charge is 0.144 e. The number of thiophene rings is 1. The van der Waals surface area contributed by atoms with Crippen LogP contribution in [0.1, 0.15) is 17.0 Å². The molecule has 2 aromatic carbocycles. The smallest absolute Gasteiger partial charge is 0.0345 e. The average molecular weight is 366 g/mol. The third kappa shape index (κ3) is 2.93. The Labute approximate surface area is 136 Å². The highest BCUT2D eigenvalue weighted by Crippen LogP contribution is 2.31. The molecule has 0 fully saturated rings. The van der Waals surface area contributed by atoms with E-state index in [0.717, 1.165) is 10.9 Å². The van der Waals surface area contributed by atoms with E-state index in [0.29, 0.717) is 11.8 Å². The Morgan fingerprint density at radius 2 is 1.80 bits per heavy atom. The van der Waals surface area contributed by atoms with Crippen LogP contribution in [0.5, 0.6) is 0 Å². The van der Waals surface area contributed by atoms with Gasteiger partial charge in [-0.2, -0.15) is 0 Å². The zero-order valence-corrected chi connectivity index (χ0v) is 14.0. The zero-order valence-electron chi connectivity index (χ0n) is 10.9. The van der Waals surface area contributed by atoms with Gasteiger partial charge in [-0.25, -0.2) is 0 Å². The number of halogens is 2. The molecule has 0 N–H and O–H groups in total. The van der Waals surface area contributed by atoms with Crippen molar-refractivity contribution in [3.8, 4) is 0 Å². The van der Waals surface area contributed by atoms with Crippen molar-refractivity contribution in [2.24, 2.45) is 0 Å². The zero-order chi connectivity index (χ0) is 13.9. The number of hydrogen-bond donors (Lipinski definition) is 0. The summed E-state index contributed by atoms with van der Waals surface area (Å²) < 4.78 is 2.46. The molecule has 0 nitrogen and oxygen atoms in total. The number of rotatable bonds is 4. The number of alkyl halides is 1. The van der Waals surface area contributed by atoms with Crippen molar-refractivity contribution in [2.75, 3.05) is 5.88 Å². The lowest BCUT2D eigenvalue weighted by molar-refractivity contribution is 0.772. The lowest BCUT2D eigenvalue weighted by Crippen LogP contribution is -2.04. The van der Waals surface area contributed by atoms with Gasteiger partial charge in [0.05, 0.1) is 0 Å². The first-order valence-electron chi connectivity index (χ1n) is 6.54. The molecule has 0 aliphatic carbocycles. The lowest BCUT2D eigenvalue weighted by Gasteiger charge is -2.14. The van der Waals surface area contributed by atoms with Gasteiger partial charge < -0.3 is 0 Å². The van der Waals surface area contributed by atoms with E-state index in [2.05, 4.69) is 69.8 Å². The summed E-state index contributed by atoms with van der Waals surface area (Å²) in [6, 6.07) is 17.1. The second-order valence-corrected chi connectivity index (χ2v) is 7.00. The summed E-state index contributed by atoms with van der Waals surface area (Å²) in [5.41, 5.74) is 2.71. The van der Waals surface area contributed by atoms with E-state index in [-0.39, 0.29) is 0 Å². The fourth-order valence-corrected chi connectivity index (χ4v) is 3.98. The number of hydrogen-bond acceptors (Lipinski definition) is 1. The molecule has 1 atom stereocenters. The van der Waals surface area contributed by atoms with Crippen molar-refractivity contribution in [3.63, 3.8) is 0 Å². The van der Waals surface area contributed by atoms with E-state index >= 15 is 0 Å². The molecular weight excluding hydrogens is 352 g/mol. The van der Waals surface area contributed by atoms with Gasteiger partial charge in [-0.1, -0.05) is 46.3 Å². The molecule has 0 saturated carbocycles. The third-order valence-corrected chi connectivity index (χ3v) is 5.47. The van der Waals surface area contributed by atoms with Gasteiger partial charge in [0.1, 0.15) is 0 Å². The predicted octanol–water partition coefficient (Wildman–Crippen LogP) is 6.23. The molecule has 0 aliphatic rings. The molecule has 0 spiro atoms. The van der Waals surface area contributed by atoms with E-state index in [1.807, 2.05) is 11.3 Å². The van der Waals surface area contributed by atoms with Crippen molar-refractivity contribution >= 4 is 49.0 Å². The molecule has 0 aliphatic heterocycles. The summed E-state index contributed by atoms with van der Waals surface area (Å²) in [5.74, 6) is 1.01. The number of fused-ring (bicyclic) bond motifs is 1. The summed E-state index contributed by atoms with van der Waals surface area (Å²) in [7, 11) is 0. The van der Waals surface area contributed by atoms with Crippen LogP contribution in [-0.4, -0.2) is 5.88 Å². The highest BCUT2D eigenvalue weighted by Gasteiger charge is 2.14. The van der Waals surface area contributed by atoms with E-state index < -0.39 is 0 Å². The predicted molar refractivity (Wildman–Crippen MR) is 93.1 cm³/mol. The molecule has 0 radical (unpaired) electrons. The van der Waals surface area contributed by atoms with Crippen LogP contribution in [0.25, 0.3) is 10.1 Å². The Morgan fingerprint density at radius 3 is 2.55 bits per heavy atom. The van der Waals surface area contributed by atoms with Crippen LogP contribution in [0, 0.1) is 0 Å². The molecule has 1 aromatic heterocycles. The Bertz CT molecular complexity index is 702. The Morgan fingerprint density at radius 1 is 1.05 bits per heavy atom. The average Bonchev–Trinajstić information content (AvgIpc) is 2.89. The highest BCUT2D eigenvalue weighted by atomic mass is 79.9. The van der Waals surface area contributed by atoms with Crippen molar-refractivity contribution < 1.29 is 0 Å². The van der Waals surface area contributed by atoms with Gasteiger partial charge in [-0.05, 0) is 46.5 Å². The van der Waals surface area contributed by atoms with Crippen LogP contribution in [0.2, 0.25) is 0 Å². The summed E-state index contributed by atoms with van der Waals surface area (Å²) in [6.07, 6.45) is 0.995. The molecule has 1 heterocycles. The van der Waals surface area contributed by atoms with Crippen molar-refractivity contribution in [1.82, 2.24) is 0 Å². The molecule has 3 heteroatoms. The third-order valence-electron chi connectivity index (χ3n) is 3.56. The van der Waals surface area contributed by atoms with Crippen LogP contribution in [-0.2, 0) is 6.42 Å². The van der Waals surface area contributed by atoms with Crippen LogP contribution < -0.4 is 0 Å². The first-order valence-corrected chi connectivity index (χ1v) is 8.75. The second kappa shape index (κ2) is 6.30. The first kappa shape index (κ1) is 14.1. The maximum Gasteiger partial charge on any atom is 0.0345 e. The topological polar surface area (TPSA) is 0 Å². The molecule has 20 heavy (non-hydrogen) atoms. The van der Waals surface area contributed by atoms with Crippen molar-refractivity contribution in [2.45, 2.75) is 12.3 Å². The molecule has 3 aromatic rings. The minimum atomic E-state index is 0.364. The fourth-order valence-electron chi connectivity index (χ4n) is 2.45. The SMILES string of the molecule is ClCC(Cc1csc2ccccc12)c1ccc(Br)cc1. The molecular formula is C17H14BrClS. The minimum absolute atomic E-state index is 0.364. The van der Waals surface area contributed by atoms with Gasteiger partial charge in [0, 0.05) is 21.0 Å². The fraction of sp³-hybridized carbons (Fsp3) is 0.176. The van der Waals surface area contributed by atoms with Gasteiger partial charge >= 0.3 is 0 Å². The minimum Gasteiger partial charge on any atom is -0.144 e. The summed E-state index contributed by atoms with van der Waals surface area (Å²) in [6.45, 7) is 0. The van der Waals surface area contributed by atoms with Crippen LogP contribution in [0.15, 0.2) is 58.4 Å². The van der Waals surface area contributed by atoms with Gasteiger partial charge in [-0.15, -0.1) is 22.9 Å². The normalized spacial score (nSPS) is 12.7. The van der Waals surface area contributed by atoms with Crippen LogP contribution in [0.3, 0.4) is 0 Å². The monoisotopic (exact) mass is 364 g/mol. The van der Waals surface area contributed by atoms with E-state index in [1.54, 1.807) is 0 Å². The molecule has 1 unspecified atom stereocenters. The molecule has 0 bridgehead atoms. The highest BCUT2D eigenvalue weighted by molar-refractivity contribution is 9.10. The molecule has 3 rings (SSSR count). The molecule has 102 valence electrons.